The van der Waals surface area contributed by atoms with Crippen molar-refractivity contribution in [2.24, 2.45) is 5.92 Å². The third kappa shape index (κ3) is 3.77. The summed E-state index contributed by atoms with van der Waals surface area (Å²) in [6.45, 7) is 8.41. The molecule has 0 aliphatic carbocycles. The predicted molar refractivity (Wildman–Crippen MR) is 80.6 cm³/mol. The van der Waals surface area contributed by atoms with Crippen LogP contribution in [0.25, 0.3) is 0 Å². The summed E-state index contributed by atoms with van der Waals surface area (Å²) >= 11 is 3.35. The minimum atomic E-state index is -0.175. The minimum Gasteiger partial charge on any atom is -0.311 e. The van der Waals surface area contributed by atoms with Crippen LogP contribution in [0.2, 0.25) is 0 Å². The van der Waals surface area contributed by atoms with Crippen LogP contribution >= 0.6 is 15.9 Å². The van der Waals surface area contributed by atoms with Crippen molar-refractivity contribution in [3.63, 3.8) is 0 Å². The summed E-state index contributed by atoms with van der Waals surface area (Å²) < 4.78 is 14.1. The average Bonchev–Trinajstić information content (AvgIpc) is 2.43. The molecule has 1 aliphatic heterocycles. The molecule has 1 heterocycles. The summed E-state index contributed by atoms with van der Waals surface area (Å²) in [6.07, 6.45) is 1.19. The second-order valence-electron chi connectivity index (χ2n) is 5.39. The van der Waals surface area contributed by atoms with Crippen LogP contribution < -0.4 is 5.32 Å². The predicted octanol–water partition coefficient (Wildman–Crippen LogP) is 3.41. The van der Waals surface area contributed by atoms with E-state index in [0.29, 0.717) is 16.4 Å². The molecule has 1 aromatic rings. The molecular weight excluding hydrogens is 307 g/mol. The summed E-state index contributed by atoms with van der Waals surface area (Å²) in [5, 5.41) is 3.58. The molecule has 0 amide bonds. The Kier molecular flexibility index (Phi) is 5.37. The second kappa shape index (κ2) is 6.82. The van der Waals surface area contributed by atoms with Gasteiger partial charge in [0.1, 0.15) is 5.82 Å². The first-order valence-corrected chi connectivity index (χ1v) is 7.79. The van der Waals surface area contributed by atoms with Gasteiger partial charge in [-0.25, -0.2) is 4.39 Å². The van der Waals surface area contributed by atoms with Crippen molar-refractivity contribution < 1.29 is 4.39 Å². The second-order valence-corrected chi connectivity index (χ2v) is 6.19. The van der Waals surface area contributed by atoms with Gasteiger partial charge in [-0.15, -0.1) is 0 Å². The van der Waals surface area contributed by atoms with E-state index in [2.05, 4.69) is 40.0 Å². The Morgan fingerprint density at radius 2 is 2.32 bits per heavy atom. The molecule has 0 radical (unpaired) electrons. The largest absolute Gasteiger partial charge is 0.311 e. The molecule has 1 saturated heterocycles. The van der Waals surface area contributed by atoms with Gasteiger partial charge in [0.15, 0.2) is 0 Å². The van der Waals surface area contributed by atoms with Gasteiger partial charge >= 0.3 is 0 Å². The van der Waals surface area contributed by atoms with Gasteiger partial charge in [-0.2, -0.15) is 0 Å². The molecule has 0 spiro atoms. The zero-order valence-corrected chi connectivity index (χ0v) is 13.2. The normalized spacial score (nSPS) is 22.4. The maximum Gasteiger partial charge on any atom is 0.137 e. The third-order valence-electron chi connectivity index (χ3n) is 4.05. The van der Waals surface area contributed by atoms with E-state index in [4.69, 9.17) is 0 Å². The molecular formula is C15H22BrFN2. The van der Waals surface area contributed by atoms with Gasteiger partial charge in [-0.3, -0.25) is 4.90 Å². The molecule has 1 fully saturated rings. The number of halogens is 2. The Balaban J connectivity index is 2.01. The zero-order valence-electron chi connectivity index (χ0n) is 11.6. The molecule has 4 heteroatoms. The molecule has 2 nitrogen and oxygen atoms in total. The first-order valence-electron chi connectivity index (χ1n) is 7.00. The molecule has 1 aliphatic rings. The van der Waals surface area contributed by atoms with Crippen molar-refractivity contribution in [3.05, 3.63) is 34.1 Å². The van der Waals surface area contributed by atoms with Gasteiger partial charge < -0.3 is 5.32 Å². The van der Waals surface area contributed by atoms with Crippen LogP contribution in [0.1, 0.15) is 25.8 Å². The number of benzene rings is 1. The van der Waals surface area contributed by atoms with Gasteiger partial charge in [0, 0.05) is 32.2 Å². The summed E-state index contributed by atoms with van der Waals surface area (Å²) in [5.41, 5.74) is 1.03. The fourth-order valence-electron chi connectivity index (χ4n) is 2.56. The highest BCUT2D eigenvalue weighted by atomic mass is 79.9. The summed E-state index contributed by atoms with van der Waals surface area (Å²) in [6, 6.07) is 5.82. The van der Waals surface area contributed by atoms with Crippen molar-refractivity contribution in [1.29, 1.82) is 0 Å². The lowest BCUT2D eigenvalue weighted by Crippen LogP contribution is -2.52. The third-order valence-corrected chi connectivity index (χ3v) is 4.93. The first kappa shape index (κ1) is 14.9. The monoisotopic (exact) mass is 328 g/mol. The van der Waals surface area contributed by atoms with E-state index >= 15 is 0 Å². The maximum absolute atomic E-state index is 13.5. The minimum absolute atomic E-state index is 0.175. The van der Waals surface area contributed by atoms with Gasteiger partial charge in [0.05, 0.1) is 4.47 Å². The smallest absolute Gasteiger partial charge is 0.137 e. The van der Waals surface area contributed by atoms with Crippen molar-refractivity contribution >= 4 is 15.9 Å². The SMILES string of the molecule is CCC(C)C1CN(Cc2cccc(F)c2Br)CCN1. The Morgan fingerprint density at radius 1 is 1.53 bits per heavy atom. The van der Waals surface area contributed by atoms with Gasteiger partial charge in [0.2, 0.25) is 0 Å². The van der Waals surface area contributed by atoms with Crippen LogP contribution in [0.3, 0.4) is 0 Å². The van der Waals surface area contributed by atoms with Crippen molar-refractivity contribution in [3.8, 4) is 0 Å². The molecule has 0 saturated carbocycles. The number of nitrogens with zero attached hydrogens (tertiary/aromatic N) is 1. The molecule has 2 unspecified atom stereocenters. The van der Waals surface area contributed by atoms with Crippen LogP contribution in [-0.4, -0.2) is 30.6 Å². The van der Waals surface area contributed by atoms with E-state index in [1.54, 1.807) is 6.07 Å². The number of rotatable bonds is 4. The van der Waals surface area contributed by atoms with Gasteiger partial charge in [-0.05, 0) is 33.5 Å². The van der Waals surface area contributed by atoms with Crippen molar-refractivity contribution in [1.82, 2.24) is 10.2 Å². The number of hydrogen-bond donors (Lipinski definition) is 1. The molecule has 2 atom stereocenters. The highest BCUT2D eigenvalue weighted by molar-refractivity contribution is 9.10. The zero-order chi connectivity index (χ0) is 13.8. The van der Waals surface area contributed by atoms with Crippen LogP contribution in [0.4, 0.5) is 4.39 Å². The van der Waals surface area contributed by atoms with E-state index in [-0.39, 0.29) is 5.82 Å². The summed E-state index contributed by atoms with van der Waals surface area (Å²) in [4.78, 5) is 2.41. The van der Waals surface area contributed by atoms with Gasteiger partial charge in [0.25, 0.3) is 0 Å². The molecule has 1 N–H and O–H groups in total. The van der Waals surface area contributed by atoms with E-state index in [1.807, 2.05) is 6.07 Å². The summed E-state index contributed by atoms with van der Waals surface area (Å²) in [7, 11) is 0. The molecule has 0 aromatic heterocycles. The topological polar surface area (TPSA) is 15.3 Å². The van der Waals surface area contributed by atoms with Crippen molar-refractivity contribution in [2.45, 2.75) is 32.9 Å². The maximum atomic E-state index is 13.5. The molecule has 0 bridgehead atoms. The molecule has 1 aromatic carbocycles. The number of piperazine rings is 1. The van der Waals surface area contributed by atoms with E-state index in [9.17, 15) is 4.39 Å². The Morgan fingerprint density at radius 3 is 3.05 bits per heavy atom. The quantitative estimate of drug-likeness (QED) is 0.911. The fraction of sp³-hybridized carbons (Fsp3) is 0.600. The fourth-order valence-corrected chi connectivity index (χ4v) is 2.95. The van der Waals surface area contributed by atoms with Gasteiger partial charge in [-0.1, -0.05) is 32.4 Å². The van der Waals surface area contributed by atoms with E-state index in [1.165, 1.54) is 12.5 Å². The standard InChI is InChI=1S/C15H22BrFN2/c1-3-11(2)14-10-19(8-7-18-14)9-12-5-4-6-13(17)15(12)16/h4-6,11,14,18H,3,7-10H2,1-2H3. The number of nitrogens with one attached hydrogen (secondary N) is 1. The lowest BCUT2D eigenvalue weighted by molar-refractivity contribution is 0.162. The molecule has 2 rings (SSSR count). The molecule has 106 valence electrons. The Labute approximate surface area is 123 Å². The highest BCUT2D eigenvalue weighted by Gasteiger charge is 2.23. The molecule has 19 heavy (non-hydrogen) atoms. The van der Waals surface area contributed by atoms with Crippen molar-refractivity contribution in [2.75, 3.05) is 19.6 Å². The Bertz CT molecular complexity index is 425. The van der Waals surface area contributed by atoms with Crippen LogP contribution in [0.15, 0.2) is 22.7 Å². The van der Waals surface area contributed by atoms with Crippen LogP contribution in [-0.2, 0) is 6.54 Å². The van der Waals surface area contributed by atoms with Crippen LogP contribution in [0.5, 0.6) is 0 Å². The van der Waals surface area contributed by atoms with E-state index in [0.717, 1.165) is 31.7 Å². The summed E-state index contributed by atoms with van der Waals surface area (Å²) in [5.74, 6) is 0.505. The lowest BCUT2D eigenvalue weighted by Gasteiger charge is -2.36. The lowest BCUT2D eigenvalue weighted by atomic mass is 9.97. The van der Waals surface area contributed by atoms with Crippen LogP contribution in [0, 0.1) is 11.7 Å². The number of hydrogen-bond acceptors (Lipinski definition) is 2. The van der Waals surface area contributed by atoms with E-state index < -0.39 is 0 Å². The first-order chi connectivity index (χ1) is 9.11. The highest BCUT2D eigenvalue weighted by Crippen LogP contribution is 2.23. The average molecular weight is 329 g/mol. The Hall–Kier alpha value is -0.450.